The van der Waals surface area contributed by atoms with Crippen LogP contribution in [0.1, 0.15) is 58.6 Å². The van der Waals surface area contributed by atoms with E-state index in [1.54, 1.807) is 6.07 Å². The molecule has 2 aromatic rings. The summed E-state index contributed by atoms with van der Waals surface area (Å²) in [6.45, 7) is 0.835. The van der Waals surface area contributed by atoms with Crippen LogP contribution in [0.2, 0.25) is 0 Å². The van der Waals surface area contributed by atoms with Crippen LogP contribution < -0.4 is 5.73 Å². The predicted octanol–water partition coefficient (Wildman–Crippen LogP) is 4.22. The van der Waals surface area contributed by atoms with Gasteiger partial charge in [-0.2, -0.15) is 26.3 Å². The Labute approximate surface area is 255 Å². The normalized spacial score (nSPS) is 20.2. The van der Waals surface area contributed by atoms with E-state index in [1.807, 2.05) is 18.2 Å². The van der Waals surface area contributed by atoms with Crippen molar-refractivity contribution in [1.82, 2.24) is 9.80 Å². The second kappa shape index (κ2) is 14.2. The highest BCUT2D eigenvalue weighted by atomic mass is 32.2. The number of carbonyl (C=O) groups excluding carboxylic acids is 2. The molecule has 2 saturated heterocycles. The lowest BCUT2D eigenvalue weighted by Gasteiger charge is -2.40. The van der Waals surface area contributed by atoms with Gasteiger partial charge in [0.2, 0.25) is 11.8 Å². The Kier molecular flexibility index (Phi) is 11.3. The molecule has 9 nitrogen and oxygen atoms in total. The number of primary amides is 1. The summed E-state index contributed by atoms with van der Waals surface area (Å²) in [5.74, 6) is -4.15. The fraction of sp³-hybridized carbons (Fsp3) is 0.483. The lowest BCUT2D eigenvalue weighted by molar-refractivity contribution is -0.192. The molecule has 3 atom stereocenters. The Bertz CT molecular complexity index is 1470. The molecule has 2 fully saturated rings. The molecule has 0 aliphatic carbocycles. The summed E-state index contributed by atoms with van der Waals surface area (Å²) in [5, 5.41) is 7.12. The maximum atomic E-state index is 12.9. The molecule has 0 aromatic heterocycles. The van der Waals surface area contributed by atoms with Crippen LogP contribution in [0.4, 0.5) is 26.3 Å². The number of benzene rings is 2. The number of rotatable bonds is 9. The number of aliphatic carboxylic acids is 1. The summed E-state index contributed by atoms with van der Waals surface area (Å²) in [4.78, 5) is 37.2. The molecule has 45 heavy (non-hydrogen) atoms. The summed E-state index contributed by atoms with van der Waals surface area (Å²) < 4.78 is 94.1. The molecule has 2 aliphatic rings. The third kappa shape index (κ3) is 10.4. The number of hydrogen-bond donors (Lipinski definition) is 2. The van der Waals surface area contributed by atoms with E-state index < -0.39 is 51.3 Å². The first-order valence-electron chi connectivity index (χ1n) is 13.8. The topological polar surface area (TPSA) is 138 Å². The third-order valence-corrected chi connectivity index (χ3v) is 8.56. The number of nitrogens with zero attached hydrogens (tertiary/aromatic N) is 2. The molecule has 0 spiro atoms. The van der Waals surface area contributed by atoms with Crippen LogP contribution in [-0.4, -0.2) is 84.5 Å². The van der Waals surface area contributed by atoms with Crippen LogP contribution in [0.25, 0.3) is 0 Å². The van der Waals surface area contributed by atoms with Gasteiger partial charge in [0.05, 0.1) is 5.56 Å². The smallest absolute Gasteiger partial charge is 0.475 e. The van der Waals surface area contributed by atoms with Crippen molar-refractivity contribution in [2.45, 2.75) is 62.6 Å². The van der Waals surface area contributed by atoms with Crippen molar-refractivity contribution in [2.75, 3.05) is 25.1 Å². The molecule has 2 amide bonds. The Hall–Kier alpha value is -3.66. The zero-order chi connectivity index (χ0) is 33.7. The number of carboxylic acid groups (broad SMARTS) is 1. The molecule has 16 heteroatoms. The number of carboxylic acids is 1. The second-order valence-corrected chi connectivity index (χ2v) is 13.3. The molecule has 3 N–H and O–H groups in total. The third-order valence-electron chi connectivity index (χ3n) is 7.79. The summed E-state index contributed by atoms with van der Waals surface area (Å²) >= 11 is 0. The van der Waals surface area contributed by atoms with Crippen molar-refractivity contribution in [1.29, 1.82) is 0 Å². The Morgan fingerprint density at radius 3 is 2.00 bits per heavy atom. The number of piperidine rings is 1. The number of fused-ring (bicyclic) bond motifs is 2. The van der Waals surface area contributed by atoms with Crippen LogP contribution in [0.5, 0.6) is 0 Å². The van der Waals surface area contributed by atoms with Gasteiger partial charge in [0, 0.05) is 43.5 Å². The largest absolute Gasteiger partial charge is 0.490 e. The fourth-order valence-electron chi connectivity index (χ4n) is 5.72. The van der Waals surface area contributed by atoms with Crippen molar-refractivity contribution in [3.63, 3.8) is 0 Å². The van der Waals surface area contributed by atoms with Gasteiger partial charge in [-0.15, -0.1) is 0 Å². The summed E-state index contributed by atoms with van der Waals surface area (Å²) in [7, 11) is -3.57. The number of alkyl halides is 6. The van der Waals surface area contributed by atoms with Gasteiger partial charge in [-0.3, -0.25) is 14.5 Å². The van der Waals surface area contributed by atoms with Gasteiger partial charge >= 0.3 is 18.3 Å². The first-order valence-corrected chi connectivity index (χ1v) is 15.9. The summed E-state index contributed by atoms with van der Waals surface area (Å²) in [5.41, 5.74) is 6.74. The van der Waals surface area contributed by atoms with Gasteiger partial charge in [0.1, 0.15) is 5.75 Å². The van der Waals surface area contributed by atoms with Crippen LogP contribution in [0.15, 0.2) is 48.5 Å². The van der Waals surface area contributed by atoms with Crippen molar-refractivity contribution in [2.24, 2.45) is 5.73 Å². The zero-order valence-corrected chi connectivity index (χ0v) is 25.0. The van der Waals surface area contributed by atoms with Crippen molar-refractivity contribution >= 4 is 27.6 Å². The number of halogens is 6. The number of nitrogens with two attached hydrogens (primary N) is 1. The van der Waals surface area contributed by atoms with Crippen LogP contribution >= 0.6 is 0 Å². The van der Waals surface area contributed by atoms with E-state index in [2.05, 4.69) is 4.90 Å². The SMILES string of the molecule is CS(=O)(=O)CC(=O)N(CCN1[C@@H]2CC[C@H]1CC(c1cccc(C(N)=O)c1)C2)Cc1ccc(C(F)(F)F)cc1.O=C(O)C(F)(F)F. The van der Waals surface area contributed by atoms with E-state index in [1.165, 1.54) is 17.0 Å². The monoisotopic (exact) mass is 665 g/mol. The van der Waals surface area contributed by atoms with E-state index in [4.69, 9.17) is 15.6 Å². The van der Waals surface area contributed by atoms with E-state index in [-0.39, 0.29) is 31.1 Å². The van der Waals surface area contributed by atoms with E-state index >= 15 is 0 Å². The number of sulfone groups is 1. The molecule has 0 radical (unpaired) electrons. The predicted molar refractivity (Wildman–Crippen MR) is 151 cm³/mol. The van der Waals surface area contributed by atoms with Gasteiger partial charge in [-0.25, -0.2) is 13.2 Å². The van der Waals surface area contributed by atoms with Crippen molar-refractivity contribution in [3.8, 4) is 0 Å². The summed E-state index contributed by atoms with van der Waals surface area (Å²) in [6.07, 6.45) is -4.75. The van der Waals surface area contributed by atoms with Crippen molar-refractivity contribution in [3.05, 3.63) is 70.8 Å². The van der Waals surface area contributed by atoms with Crippen LogP contribution in [0.3, 0.4) is 0 Å². The molecular weight excluding hydrogens is 632 g/mol. The standard InChI is InChI=1S/C27H32F3N3O4S.C2HF3O2/c1-38(36,37)17-25(34)32(16-18-5-7-22(8-6-18)27(28,29)30)11-12-33-23-9-10-24(33)15-21(14-23)19-3-2-4-20(13-19)26(31)35;3-2(4,5)1(6)7/h2-8,13,21,23-24H,9-12,14-17H2,1H3,(H2,31,35);(H,6,7)/t21?,23-,24+;. The minimum Gasteiger partial charge on any atom is -0.475 e. The minimum atomic E-state index is -5.08. The molecule has 2 heterocycles. The van der Waals surface area contributed by atoms with Gasteiger partial charge in [-0.05, 0) is 67.0 Å². The van der Waals surface area contributed by atoms with Gasteiger partial charge in [0.25, 0.3) is 0 Å². The first kappa shape index (κ1) is 35.8. The number of hydrogen-bond acceptors (Lipinski definition) is 6. The molecule has 2 aromatic carbocycles. The van der Waals surface area contributed by atoms with Crippen LogP contribution in [-0.2, 0) is 32.1 Å². The lowest BCUT2D eigenvalue weighted by atomic mass is 9.84. The first-order chi connectivity index (χ1) is 20.7. The molecule has 4 rings (SSSR count). The maximum Gasteiger partial charge on any atom is 0.490 e. The van der Waals surface area contributed by atoms with Gasteiger partial charge < -0.3 is 15.7 Å². The van der Waals surface area contributed by atoms with E-state index in [9.17, 15) is 44.3 Å². The second-order valence-electron chi connectivity index (χ2n) is 11.2. The maximum absolute atomic E-state index is 12.9. The average molecular weight is 666 g/mol. The van der Waals surface area contributed by atoms with E-state index in [0.29, 0.717) is 17.7 Å². The van der Waals surface area contributed by atoms with E-state index in [0.717, 1.165) is 49.6 Å². The van der Waals surface area contributed by atoms with Crippen molar-refractivity contribution < 1.29 is 54.3 Å². The molecule has 2 aliphatic heterocycles. The number of carbonyl (C=O) groups is 3. The average Bonchev–Trinajstić information content (AvgIpc) is 3.15. The Morgan fingerprint density at radius 1 is 0.978 bits per heavy atom. The summed E-state index contributed by atoms with van der Waals surface area (Å²) in [6, 6.07) is 12.6. The lowest BCUT2D eigenvalue weighted by Crippen LogP contribution is -2.47. The molecule has 2 bridgehead atoms. The highest BCUT2D eigenvalue weighted by molar-refractivity contribution is 7.91. The number of amides is 2. The molecule has 1 unspecified atom stereocenters. The van der Waals surface area contributed by atoms with Crippen LogP contribution in [0, 0.1) is 0 Å². The van der Waals surface area contributed by atoms with Gasteiger partial charge in [0.15, 0.2) is 9.84 Å². The Balaban J connectivity index is 0.000000707. The molecular formula is C29H33F6N3O6S. The Morgan fingerprint density at radius 2 is 1.53 bits per heavy atom. The molecule has 248 valence electrons. The highest BCUT2D eigenvalue weighted by Crippen LogP contribution is 2.43. The fourth-order valence-corrected chi connectivity index (χ4v) is 6.35. The quantitative estimate of drug-likeness (QED) is 0.383. The minimum absolute atomic E-state index is 0.0260. The molecule has 0 saturated carbocycles. The highest BCUT2D eigenvalue weighted by Gasteiger charge is 2.41. The van der Waals surface area contributed by atoms with Gasteiger partial charge in [-0.1, -0.05) is 24.3 Å². The zero-order valence-electron chi connectivity index (χ0n) is 24.1.